The minimum atomic E-state index is 0.664. The van der Waals surface area contributed by atoms with Crippen molar-refractivity contribution < 1.29 is 4.74 Å². The van der Waals surface area contributed by atoms with Crippen LogP contribution in [0, 0.1) is 11.5 Å². The summed E-state index contributed by atoms with van der Waals surface area (Å²) < 4.78 is 5.86. The van der Waals surface area contributed by atoms with E-state index in [1.807, 2.05) is 42.6 Å². The lowest BCUT2D eigenvalue weighted by Crippen LogP contribution is -2.08. The molecule has 0 amide bonds. The molecule has 0 saturated heterocycles. The summed E-state index contributed by atoms with van der Waals surface area (Å²) >= 11 is 0. The molecule has 0 spiro atoms. The molecule has 0 aliphatic carbocycles. The van der Waals surface area contributed by atoms with E-state index in [4.69, 9.17) is 10.00 Å². The third kappa shape index (κ3) is 4.03. The van der Waals surface area contributed by atoms with Gasteiger partial charge in [-0.2, -0.15) is 5.26 Å². The van der Waals surface area contributed by atoms with E-state index in [0.717, 1.165) is 29.7 Å². The molecule has 0 atom stereocenters. The summed E-state index contributed by atoms with van der Waals surface area (Å²) in [5, 5.41) is 11.0. The van der Waals surface area contributed by atoms with E-state index < -0.39 is 0 Å². The average Bonchev–Trinajstić information content (AvgIpc) is 2.52. The van der Waals surface area contributed by atoms with Crippen LogP contribution in [0.3, 0.4) is 0 Å². The van der Waals surface area contributed by atoms with Gasteiger partial charge in [-0.25, -0.2) is 0 Å². The Labute approximate surface area is 119 Å². The molecule has 1 N–H and O–H groups in total. The summed E-state index contributed by atoms with van der Waals surface area (Å²) in [6.07, 6.45) is 3.78. The first kappa shape index (κ1) is 14.0. The number of para-hydroxylation sites is 1. The molecule has 20 heavy (non-hydrogen) atoms. The zero-order chi connectivity index (χ0) is 14.0. The van der Waals surface area contributed by atoms with E-state index in [-0.39, 0.29) is 0 Å². The second-order valence-electron chi connectivity index (χ2n) is 4.46. The molecule has 3 heteroatoms. The van der Waals surface area contributed by atoms with Crippen molar-refractivity contribution in [1.29, 1.82) is 5.26 Å². The second kappa shape index (κ2) is 7.85. The number of hydrogen-bond acceptors (Lipinski definition) is 3. The van der Waals surface area contributed by atoms with E-state index in [0.29, 0.717) is 13.2 Å². The number of nitrogens with zero attached hydrogens (tertiary/aromatic N) is 1. The Kier molecular flexibility index (Phi) is 5.48. The summed E-state index contributed by atoms with van der Waals surface area (Å²) in [4.78, 5) is 0. The topological polar surface area (TPSA) is 45.0 Å². The average molecular weight is 266 g/mol. The van der Waals surface area contributed by atoms with Crippen LogP contribution < -0.4 is 10.1 Å². The van der Waals surface area contributed by atoms with Gasteiger partial charge in [-0.3, -0.25) is 0 Å². The smallest absolute Gasteiger partial charge is 0.176 e. The molecule has 0 fully saturated rings. The minimum absolute atomic E-state index is 0.664. The number of unbranched alkanes of at least 4 members (excludes halogenated alkanes) is 1. The number of ether oxygens (including phenoxy) is 1. The molecular formula is C17H18N2O. The third-order valence-corrected chi connectivity index (χ3v) is 3.00. The van der Waals surface area contributed by atoms with Crippen LogP contribution in [0.25, 0.3) is 11.1 Å². The molecule has 2 aromatic carbocycles. The molecule has 0 saturated carbocycles. The molecule has 0 unspecified atom stereocenters. The predicted octanol–water partition coefficient (Wildman–Crippen LogP) is 3.58. The summed E-state index contributed by atoms with van der Waals surface area (Å²) in [5.41, 5.74) is 2.28. The first-order chi connectivity index (χ1) is 9.92. The van der Waals surface area contributed by atoms with Gasteiger partial charge in [-0.15, -0.1) is 0 Å². The maximum absolute atomic E-state index is 8.37. The summed E-state index contributed by atoms with van der Waals surface area (Å²) in [7, 11) is 0. The first-order valence-corrected chi connectivity index (χ1v) is 6.81. The first-order valence-electron chi connectivity index (χ1n) is 6.81. The largest absolute Gasteiger partial charge is 0.493 e. The van der Waals surface area contributed by atoms with Crippen LogP contribution in [0.4, 0.5) is 0 Å². The quantitative estimate of drug-likeness (QED) is 0.473. The Morgan fingerprint density at radius 1 is 0.950 bits per heavy atom. The van der Waals surface area contributed by atoms with Gasteiger partial charge in [-0.1, -0.05) is 48.5 Å². The molecule has 0 radical (unpaired) electrons. The molecular weight excluding hydrogens is 248 g/mol. The SMILES string of the molecule is N#CNCCCCOc1ccccc1-c1ccccc1. The number of benzene rings is 2. The van der Waals surface area contributed by atoms with Crippen LogP contribution in [0.5, 0.6) is 5.75 Å². The summed E-state index contributed by atoms with van der Waals surface area (Å²) in [6.45, 7) is 1.37. The van der Waals surface area contributed by atoms with Gasteiger partial charge in [0.05, 0.1) is 6.61 Å². The number of nitrogens with one attached hydrogen (secondary N) is 1. The van der Waals surface area contributed by atoms with E-state index >= 15 is 0 Å². The van der Waals surface area contributed by atoms with Crippen molar-refractivity contribution >= 4 is 0 Å². The standard InChI is InChI=1S/C17H18N2O/c18-14-19-12-6-7-13-20-17-11-5-4-10-16(17)15-8-2-1-3-9-15/h1-5,8-11,19H,6-7,12-13H2. The van der Waals surface area contributed by atoms with Gasteiger partial charge in [0.25, 0.3) is 0 Å². The maximum Gasteiger partial charge on any atom is 0.176 e. The molecule has 102 valence electrons. The van der Waals surface area contributed by atoms with Gasteiger partial charge < -0.3 is 10.1 Å². The molecule has 3 nitrogen and oxygen atoms in total. The number of hydrogen-bond donors (Lipinski definition) is 1. The number of nitriles is 1. The van der Waals surface area contributed by atoms with E-state index in [2.05, 4.69) is 23.5 Å². The Bertz CT molecular complexity index is 561. The van der Waals surface area contributed by atoms with Gasteiger partial charge in [0.1, 0.15) is 5.75 Å². The van der Waals surface area contributed by atoms with Crippen molar-refractivity contribution in [2.45, 2.75) is 12.8 Å². The van der Waals surface area contributed by atoms with Gasteiger partial charge in [0.15, 0.2) is 6.19 Å². The summed E-state index contributed by atoms with van der Waals surface area (Å²) in [6, 6.07) is 18.3. The van der Waals surface area contributed by atoms with Crippen LogP contribution in [0.2, 0.25) is 0 Å². The van der Waals surface area contributed by atoms with Crippen LogP contribution >= 0.6 is 0 Å². The number of rotatable bonds is 7. The fourth-order valence-electron chi connectivity index (χ4n) is 2.00. The van der Waals surface area contributed by atoms with Gasteiger partial charge in [-0.05, 0) is 24.5 Å². The van der Waals surface area contributed by atoms with Crippen LogP contribution in [0.15, 0.2) is 54.6 Å². The molecule has 0 bridgehead atoms. The van der Waals surface area contributed by atoms with Gasteiger partial charge in [0, 0.05) is 12.1 Å². The van der Waals surface area contributed by atoms with Crippen molar-refractivity contribution in [3.63, 3.8) is 0 Å². The van der Waals surface area contributed by atoms with Crippen molar-refractivity contribution in [2.24, 2.45) is 0 Å². The van der Waals surface area contributed by atoms with E-state index in [1.165, 1.54) is 0 Å². The monoisotopic (exact) mass is 266 g/mol. The van der Waals surface area contributed by atoms with E-state index in [9.17, 15) is 0 Å². The zero-order valence-electron chi connectivity index (χ0n) is 11.4. The van der Waals surface area contributed by atoms with Gasteiger partial charge in [0.2, 0.25) is 0 Å². The maximum atomic E-state index is 8.37. The Morgan fingerprint density at radius 2 is 1.70 bits per heavy atom. The fourth-order valence-corrected chi connectivity index (χ4v) is 2.00. The molecule has 0 aliphatic rings. The molecule has 0 aliphatic heterocycles. The van der Waals surface area contributed by atoms with Gasteiger partial charge >= 0.3 is 0 Å². The van der Waals surface area contributed by atoms with E-state index in [1.54, 1.807) is 0 Å². The molecule has 2 aromatic rings. The van der Waals surface area contributed by atoms with Crippen molar-refractivity contribution in [2.75, 3.05) is 13.2 Å². The zero-order valence-corrected chi connectivity index (χ0v) is 11.4. The highest BCUT2D eigenvalue weighted by atomic mass is 16.5. The predicted molar refractivity (Wildman–Crippen MR) is 80.2 cm³/mol. The normalized spacial score (nSPS) is 9.75. The van der Waals surface area contributed by atoms with Crippen molar-refractivity contribution in [1.82, 2.24) is 5.32 Å². The highest BCUT2D eigenvalue weighted by Gasteiger charge is 2.04. The molecule has 0 aromatic heterocycles. The highest BCUT2D eigenvalue weighted by molar-refractivity contribution is 5.70. The Morgan fingerprint density at radius 3 is 2.50 bits per heavy atom. The minimum Gasteiger partial charge on any atom is -0.493 e. The third-order valence-electron chi connectivity index (χ3n) is 3.00. The molecule has 2 rings (SSSR count). The highest BCUT2D eigenvalue weighted by Crippen LogP contribution is 2.29. The Hall–Kier alpha value is -2.47. The van der Waals surface area contributed by atoms with Crippen LogP contribution in [-0.2, 0) is 0 Å². The lowest BCUT2D eigenvalue weighted by atomic mass is 10.1. The second-order valence-corrected chi connectivity index (χ2v) is 4.46. The van der Waals surface area contributed by atoms with Crippen molar-refractivity contribution in [3.05, 3.63) is 54.6 Å². The van der Waals surface area contributed by atoms with Crippen LogP contribution in [-0.4, -0.2) is 13.2 Å². The lowest BCUT2D eigenvalue weighted by Gasteiger charge is -2.11. The fraction of sp³-hybridized carbons (Fsp3) is 0.235. The van der Waals surface area contributed by atoms with Crippen LogP contribution in [0.1, 0.15) is 12.8 Å². The molecule has 0 heterocycles. The lowest BCUT2D eigenvalue weighted by molar-refractivity contribution is 0.308. The van der Waals surface area contributed by atoms with Crippen molar-refractivity contribution in [3.8, 4) is 23.1 Å². The Balaban J connectivity index is 1.94. The summed E-state index contributed by atoms with van der Waals surface area (Å²) in [5.74, 6) is 0.909.